The fourth-order valence-corrected chi connectivity index (χ4v) is 9.80. The van der Waals surface area contributed by atoms with Crippen molar-refractivity contribution in [2.45, 2.75) is 209 Å². The minimum Gasteiger partial charge on any atom is -0.479 e. The first kappa shape index (κ1) is 68.3. The highest BCUT2D eigenvalue weighted by atomic mass is 31.2. The molecular weight excluding hydrogens is 1100 g/mol. The summed E-state index contributed by atoms with van der Waals surface area (Å²) in [5, 5.41) is 102. The van der Waals surface area contributed by atoms with E-state index in [0.29, 0.717) is 12.8 Å². The summed E-state index contributed by atoms with van der Waals surface area (Å²) < 4.78 is 75.9. The molecule has 0 bridgehead atoms. The fraction of sp³-hybridized carbons (Fsp3) is 0.771. The average Bonchev–Trinajstić information content (AvgIpc) is 3.35. The quantitative estimate of drug-likeness (QED) is 0.0281. The Morgan fingerprint density at radius 3 is 1.84 bits per heavy atom. The van der Waals surface area contributed by atoms with E-state index in [1.165, 1.54) is 18.1 Å². The van der Waals surface area contributed by atoms with Crippen molar-refractivity contribution in [2.24, 2.45) is 11.5 Å². The van der Waals surface area contributed by atoms with Gasteiger partial charge in [-0.2, -0.15) is 0 Å². The molecule has 32 heteroatoms. The highest BCUT2D eigenvalue weighted by molar-refractivity contribution is 7.47. The van der Waals surface area contributed by atoms with Gasteiger partial charge in [0.05, 0.1) is 32.5 Å². The lowest BCUT2D eigenvalue weighted by atomic mass is 9.85. The van der Waals surface area contributed by atoms with E-state index in [-0.39, 0.29) is 6.61 Å². The summed E-state index contributed by atoms with van der Waals surface area (Å²) in [4.78, 5) is 74.0. The van der Waals surface area contributed by atoms with Crippen LogP contribution >= 0.6 is 7.82 Å². The average molecular weight is 1180 g/mol. The number of carbonyl (C=O) groups is 5. The number of rotatable bonds is 27. The number of aliphatic hydroxyl groups is 8. The van der Waals surface area contributed by atoms with Crippen molar-refractivity contribution in [1.82, 2.24) is 10.6 Å². The number of aliphatic carboxylic acids is 1. The maximum Gasteiger partial charge on any atom is 0.474 e. The second kappa shape index (κ2) is 30.4. The van der Waals surface area contributed by atoms with Crippen LogP contribution in [0.25, 0.3) is 0 Å². The van der Waals surface area contributed by atoms with E-state index in [0.717, 1.165) is 39.2 Å². The monoisotopic (exact) mass is 1170 g/mol. The van der Waals surface area contributed by atoms with Crippen LogP contribution in [0.1, 0.15) is 81.1 Å². The van der Waals surface area contributed by atoms with Gasteiger partial charge in [0, 0.05) is 13.8 Å². The molecule has 16 N–H and O–H groups in total. The lowest BCUT2D eigenvalue weighted by Gasteiger charge is -2.51. The molecule has 4 aliphatic heterocycles. The maximum atomic E-state index is 13.8. The summed E-state index contributed by atoms with van der Waals surface area (Å²) in [6, 6.07) is -3.54. The van der Waals surface area contributed by atoms with Crippen LogP contribution in [0.5, 0.6) is 0 Å². The molecule has 4 heterocycles. The Hall–Kier alpha value is -4.16. The molecule has 4 aliphatic rings. The van der Waals surface area contributed by atoms with Crippen molar-refractivity contribution in [2.75, 3.05) is 26.4 Å². The van der Waals surface area contributed by atoms with Crippen LogP contribution in [-0.2, 0) is 75.4 Å². The van der Waals surface area contributed by atoms with E-state index in [1.807, 2.05) is 20.8 Å². The third-order valence-corrected chi connectivity index (χ3v) is 14.3. The van der Waals surface area contributed by atoms with Gasteiger partial charge < -0.3 is 116 Å². The first-order chi connectivity index (χ1) is 37.3. The molecule has 0 spiro atoms. The fourth-order valence-electron chi connectivity index (χ4n) is 8.98. The summed E-state index contributed by atoms with van der Waals surface area (Å²) in [5.74, 6) is -4.83. The van der Waals surface area contributed by atoms with Gasteiger partial charge in [-0.1, -0.05) is 34.9 Å². The molecule has 0 aromatic heterocycles. The number of carbonyl (C=O) groups excluding carboxylic acids is 4. The number of allylic oxidation sites excluding steroid dienone is 5. The molecule has 0 aromatic rings. The van der Waals surface area contributed by atoms with Gasteiger partial charge in [-0.15, -0.1) is 0 Å². The molecule has 2 unspecified atom stereocenters. The Morgan fingerprint density at radius 2 is 1.27 bits per heavy atom. The first-order valence-corrected chi connectivity index (χ1v) is 27.0. The number of phosphoric ester groups is 1. The first-order valence-electron chi connectivity index (χ1n) is 25.5. The molecule has 4 rings (SSSR count). The largest absolute Gasteiger partial charge is 0.479 e. The number of nitrogens with two attached hydrogens (primary N) is 2. The van der Waals surface area contributed by atoms with Crippen LogP contribution in [0.3, 0.4) is 0 Å². The molecule has 4 amide bonds. The Kier molecular flexibility index (Phi) is 26.0. The minimum absolute atomic E-state index is 0.286. The van der Waals surface area contributed by atoms with Gasteiger partial charge >= 0.3 is 19.9 Å². The van der Waals surface area contributed by atoms with Gasteiger partial charge in [-0.05, 0) is 67.2 Å². The van der Waals surface area contributed by atoms with Crippen LogP contribution in [0.2, 0.25) is 0 Å². The normalized spacial score (nSPS) is 37.1. The van der Waals surface area contributed by atoms with Gasteiger partial charge in [0.15, 0.2) is 49.6 Å². The maximum absolute atomic E-state index is 13.8. The number of hydrogen-bond donors (Lipinski definition) is 14. The summed E-state index contributed by atoms with van der Waals surface area (Å²) >= 11 is 0. The molecule has 31 nitrogen and oxygen atoms in total. The van der Waals surface area contributed by atoms with Crippen molar-refractivity contribution in [3.05, 3.63) is 34.9 Å². The van der Waals surface area contributed by atoms with E-state index in [2.05, 4.69) is 22.8 Å². The minimum atomic E-state index is -5.72. The van der Waals surface area contributed by atoms with Crippen LogP contribution in [0.15, 0.2) is 34.9 Å². The molecule has 22 atom stereocenters. The van der Waals surface area contributed by atoms with Crippen LogP contribution in [0.4, 0.5) is 4.79 Å². The lowest BCUT2D eigenvalue weighted by Crippen LogP contribution is -2.72. The predicted octanol–water partition coefficient (Wildman–Crippen LogP) is -3.42. The Balaban J connectivity index is 1.71. The van der Waals surface area contributed by atoms with E-state index < -0.39 is 186 Å². The molecule has 80 heavy (non-hydrogen) atoms. The van der Waals surface area contributed by atoms with Gasteiger partial charge in [0.1, 0.15) is 72.6 Å². The van der Waals surface area contributed by atoms with Crippen molar-refractivity contribution >= 4 is 37.6 Å². The lowest BCUT2D eigenvalue weighted by molar-refractivity contribution is -0.370. The third kappa shape index (κ3) is 18.9. The Labute approximate surface area is 460 Å². The zero-order chi connectivity index (χ0) is 60.1. The van der Waals surface area contributed by atoms with Crippen LogP contribution in [-0.4, -0.2) is 235 Å². The summed E-state index contributed by atoms with van der Waals surface area (Å²) in [5.41, 5.74) is 11.4. The zero-order valence-corrected chi connectivity index (χ0v) is 46.3. The van der Waals surface area contributed by atoms with E-state index in [9.17, 15) is 79.4 Å². The Bertz CT molecular complexity index is 2230. The van der Waals surface area contributed by atoms with Crippen LogP contribution < -0.4 is 22.1 Å². The molecule has 0 radical (unpaired) electrons. The van der Waals surface area contributed by atoms with Crippen molar-refractivity contribution < 1.29 is 131 Å². The number of primary amides is 2. The predicted molar refractivity (Wildman–Crippen MR) is 268 cm³/mol. The number of hydrogen-bond acceptors (Lipinski definition) is 25. The van der Waals surface area contributed by atoms with Crippen molar-refractivity contribution in [1.29, 1.82) is 0 Å². The number of nitrogens with one attached hydrogen (secondary N) is 2. The molecule has 458 valence electrons. The molecule has 0 saturated carbocycles. The number of ether oxygens (including phenoxy) is 9. The third-order valence-electron chi connectivity index (χ3n) is 13.3. The van der Waals surface area contributed by atoms with Crippen molar-refractivity contribution in [3.63, 3.8) is 0 Å². The van der Waals surface area contributed by atoms with E-state index in [1.54, 1.807) is 13.0 Å². The summed E-state index contributed by atoms with van der Waals surface area (Å²) in [6.07, 6.45) is -28.2. The standard InChI is InChI=1S/C48H79N4O27P/c1-20(2)11-9-12-21(3)13-10-14-22(4)15-16-69-28(42(63)64)19-71-80(67,68)79-46-38(39(78-47(50)65)48(8,66)40(77-46)41(49)62)76-44-30(52-25(7)55)34(59)37(75-43-29(51-24(6)54)33(58)31(56)23(5)72-43)27(74-44)18-70-45-36(61)35(60)32(57)26(17-53)73-45/h11,13,15,23,26-40,43-46,53,56-61,66H,9-10,12,14,16-19H2,1-8H3,(H2,49,62)(H2,50,65)(H,51,54)(H,52,55)(H,63,64)(H,67,68)/b21-13+,22-15-/t23-,26-,27-,28-,29-,30-,31-,32-,33-,34-,35+,36-,37-,38-,39-,40-,43+,44+,45?,46-,48+/m1/s1. The summed E-state index contributed by atoms with van der Waals surface area (Å²) in [6.45, 7) is 8.72. The molecule has 4 saturated heterocycles. The number of amides is 4. The molecule has 0 aromatic carbocycles. The van der Waals surface area contributed by atoms with Gasteiger partial charge in [-0.25, -0.2) is 14.2 Å². The highest BCUT2D eigenvalue weighted by Crippen LogP contribution is 2.49. The topological polar surface area (TPSA) is 482 Å². The van der Waals surface area contributed by atoms with E-state index in [4.69, 9.17) is 63.1 Å². The highest BCUT2D eigenvalue weighted by Gasteiger charge is 2.62. The smallest absolute Gasteiger partial charge is 0.474 e. The van der Waals surface area contributed by atoms with E-state index >= 15 is 0 Å². The second-order valence-corrected chi connectivity index (χ2v) is 21.7. The number of phosphoric acid groups is 1. The number of carboxylic acid groups (broad SMARTS) is 1. The SMILES string of the molecule is CC(=O)N[C@H]1[C@H](O[C@H]2[C@@H](OP(=O)(O)OC[C@@H](OC/C=C(/C)CC/C=C(\C)CCC=C(C)C)C(=O)O)O[C@H](C(N)=O)[C@@](C)(O)[C@@H]2OC(N)=O)O[C@H](COC2O[C@H](CO)[C@@H](O)[C@H](O)[C@H]2O)[C@@H](O[C@@H]2O[C@H](C)[C@@H](O)[C@H](O)[C@H]2NC(C)=O)[C@@H]1O. The summed E-state index contributed by atoms with van der Waals surface area (Å²) in [7, 11) is -5.72. The number of aliphatic hydroxyl groups excluding tert-OH is 7. The molecular formula is C48H79N4O27P. The van der Waals surface area contributed by atoms with Gasteiger partial charge in [0.25, 0.3) is 0 Å². The molecule has 4 fully saturated rings. The van der Waals surface area contributed by atoms with Crippen molar-refractivity contribution in [3.8, 4) is 0 Å². The van der Waals surface area contributed by atoms with Gasteiger partial charge in [0.2, 0.25) is 17.7 Å². The Morgan fingerprint density at radius 1 is 0.713 bits per heavy atom. The second-order valence-electron chi connectivity index (χ2n) is 20.3. The zero-order valence-electron chi connectivity index (χ0n) is 45.5. The van der Waals surface area contributed by atoms with Crippen LogP contribution in [0, 0.1) is 0 Å². The van der Waals surface area contributed by atoms with Gasteiger partial charge in [-0.3, -0.25) is 23.4 Å². The number of carboxylic acids is 1. The molecule has 0 aliphatic carbocycles.